The number of methoxy groups -OCH3 is 1. The maximum Gasteiger partial charge on any atom is 0.261 e. The molecule has 0 aliphatic rings. The lowest BCUT2D eigenvalue weighted by molar-refractivity contribution is -0.129. The lowest BCUT2D eigenvalue weighted by atomic mass is 10.3. The van der Waals surface area contributed by atoms with Crippen LogP contribution in [0.5, 0.6) is 11.5 Å². The normalized spacial score (nSPS) is 10.2. The van der Waals surface area contributed by atoms with E-state index in [1.807, 2.05) is 37.3 Å². The van der Waals surface area contributed by atoms with Crippen molar-refractivity contribution in [1.82, 2.24) is 10.2 Å². The van der Waals surface area contributed by atoms with Crippen molar-refractivity contribution >= 4 is 23.2 Å². The molecule has 0 spiro atoms. The molecule has 0 unspecified atom stereocenters. The van der Waals surface area contributed by atoms with Crippen molar-refractivity contribution in [3.05, 3.63) is 46.2 Å². The Labute approximate surface area is 151 Å². The van der Waals surface area contributed by atoms with E-state index in [2.05, 4.69) is 5.32 Å². The summed E-state index contributed by atoms with van der Waals surface area (Å²) in [6.07, 6.45) is 0. The number of ether oxygens (including phenoxy) is 2. The summed E-state index contributed by atoms with van der Waals surface area (Å²) in [5.41, 5.74) is 0. The molecule has 2 rings (SSSR count). The van der Waals surface area contributed by atoms with Crippen LogP contribution in [0.3, 0.4) is 0 Å². The van der Waals surface area contributed by atoms with E-state index < -0.39 is 0 Å². The Bertz CT molecular complexity index is 729. The highest BCUT2D eigenvalue weighted by Gasteiger charge is 2.13. The topological polar surface area (TPSA) is 67.9 Å². The number of hydrogen-bond donors (Lipinski definition) is 1. The molecule has 2 amide bonds. The van der Waals surface area contributed by atoms with Crippen LogP contribution in [-0.4, -0.2) is 50.6 Å². The van der Waals surface area contributed by atoms with Crippen LogP contribution in [0, 0.1) is 6.92 Å². The van der Waals surface area contributed by atoms with E-state index in [0.29, 0.717) is 29.5 Å². The molecule has 0 atom stereocenters. The maximum absolute atomic E-state index is 12.1. The van der Waals surface area contributed by atoms with Crippen LogP contribution in [0.15, 0.2) is 36.4 Å². The number of para-hydroxylation sites is 2. The Morgan fingerprint density at radius 2 is 1.88 bits per heavy atom. The van der Waals surface area contributed by atoms with Crippen LogP contribution >= 0.6 is 11.3 Å². The van der Waals surface area contributed by atoms with Gasteiger partial charge < -0.3 is 19.7 Å². The molecule has 7 heteroatoms. The van der Waals surface area contributed by atoms with Gasteiger partial charge in [-0.25, -0.2) is 0 Å². The summed E-state index contributed by atoms with van der Waals surface area (Å²) in [6.45, 7) is 2.63. The zero-order chi connectivity index (χ0) is 18.2. The Morgan fingerprint density at radius 3 is 2.52 bits per heavy atom. The van der Waals surface area contributed by atoms with Gasteiger partial charge in [-0.2, -0.15) is 0 Å². The van der Waals surface area contributed by atoms with Crippen molar-refractivity contribution in [1.29, 1.82) is 0 Å². The van der Waals surface area contributed by atoms with Crippen LogP contribution in [0.2, 0.25) is 0 Å². The van der Waals surface area contributed by atoms with Crippen LogP contribution in [0.1, 0.15) is 14.5 Å². The second-order valence-corrected chi connectivity index (χ2v) is 6.70. The fourth-order valence-electron chi connectivity index (χ4n) is 2.09. The molecular formula is C18H22N2O4S. The Kier molecular flexibility index (Phi) is 6.82. The zero-order valence-corrected chi connectivity index (χ0v) is 15.4. The molecule has 0 saturated carbocycles. The number of thiophene rings is 1. The van der Waals surface area contributed by atoms with E-state index in [1.165, 1.54) is 16.2 Å². The number of nitrogens with one attached hydrogen (secondary N) is 1. The molecule has 1 heterocycles. The molecule has 0 fully saturated rings. The number of aryl methyl sites for hydroxylation is 1. The quantitative estimate of drug-likeness (QED) is 0.783. The molecule has 1 aromatic carbocycles. The van der Waals surface area contributed by atoms with Crippen LogP contribution in [-0.2, 0) is 4.79 Å². The van der Waals surface area contributed by atoms with Gasteiger partial charge >= 0.3 is 0 Å². The smallest absolute Gasteiger partial charge is 0.261 e. The van der Waals surface area contributed by atoms with Gasteiger partial charge in [-0.1, -0.05) is 12.1 Å². The fraction of sp³-hybridized carbons (Fsp3) is 0.333. The van der Waals surface area contributed by atoms with Crippen LogP contribution in [0.4, 0.5) is 0 Å². The number of amides is 2. The standard InChI is InChI=1S/C18H22N2O4S/c1-13-8-9-16(25-13)18(22)19-12-17(21)20(2)10-11-24-15-7-5-4-6-14(15)23-3/h4-9H,10-12H2,1-3H3,(H,19,22). The highest BCUT2D eigenvalue weighted by atomic mass is 32.1. The predicted octanol–water partition coefficient (Wildman–Crippen LogP) is 2.33. The van der Waals surface area contributed by atoms with E-state index in [1.54, 1.807) is 20.2 Å². The van der Waals surface area contributed by atoms with Crippen molar-refractivity contribution in [2.75, 3.05) is 33.9 Å². The molecule has 6 nitrogen and oxygen atoms in total. The number of carbonyl (C=O) groups excluding carboxylic acids is 2. The van der Waals surface area contributed by atoms with Gasteiger partial charge in [0.25, 0.3) is 5.91 Å². The van der Waals surface area contributed by atoms with Crippen molar-refractivity contribution in [2.24, 2.45) is 0 Å². The third kappa shape index (κ3) is 5.49. The van der Waals surface area contributed by atoms with Crippen molar-refractivity contribution in [2.45, 2.75) is 6.92 Å². The molecule has 1 aromatic heterocycles. The number of rotatable bonds is 8. The van der Waals surface area contributed by atoms with Crippen molar-refractivity contribution < 1.29 is 19.1 Å². The monoisotopic (exact) mass is 362 g/mol. The lowest BCUT2D eigenvalue weighted by Crippen LogP contribution is -2.39. The average Bonchev–Trinajstić information content (AvgIpc) is 3.06. The minimum absolute atomic E-state index is 0.0407. The largest absolute Gasteiger partial charge is 0.493 e. The highest BCUT2D eigenvalue weighted by Crippen LogP contribution is 2.25. The first-order valence-electron chi connectivity index (χ1n) is 7.85. The number of likely N-dealkylation sites (N-methyl/N-ethyl adjacent to an activating group) is 1. The second-order valence-electron chi connectivity index (χ2n) is 5.41. The number of nitrogens with zero attached hydrogens (tertiary/aromatic N) is 1. The molecule has 0 aliphatic heterocycles. The van der Waals surface area contributed by atoms with E-state index in [0.717, 1.165) is 4.88 Å². The Balaban J connectivity index is 1.74. The minimum Gasteiger partial charge on any atom is -0.493 e. The molecule has 134 valence electrons. The zero-order valence-electron chi connectivity index (χ0n) is 14.6. The number of hydrogen-bond acceptors (Lipinski definition) is 5. The molecule has 25 heavy (non-hydrogen) atoms. The van der Waals surface area contributed by atoms with E-state index in [-0.39, 0.29) is 18.4 Å². The van der Waals surface area contributed by atoms with Gasteiger partial charge in [0, 0.05) is 11.9 Å². The van der Waals surface area contributed by atoms with Gasteiger partial charge in [0.1, 0.15) is 6.61 Å². The summed E-state index contributed by atoms with van der Waals surface area (Å²) >= 11 is 1.40. The van der Waals surface area contributed by atoms with Crippen molar-refractivity contribution in [3.8, 4) is 11.5 Å². The SMILES string of the molecule is COc1ccccc1OCCN(C)C(=O)CNC(=O)c1ccc(C)s1. The molecule has 1 N–H and O–H groups in total. The third-order valence-electron chi connectivity index (χ3n) is 3.54. The van der Waals surface area contributed by atoms with E-state index in [9.17, 15) is 9.59 Å². The molecule has 0 saturated heterocycles. The summed E-state index contributed by atoms with van der Waals surface area (Å²) in [4.78, 5) is 27.2. The number of carbonyl (C=O) groups is 2. The van der Waals surface area contributed by atoms with Crippen LogP contribution in [0.25, 0.3) is 0 Å². The van der Waals surface area contributed by atoms with Gasteiger partial charge in [-0.05, 0) is 31.2 Å². The summed E-state index contributed by atoms with van der Waals surface area (Å²) in [7, 11) is 3.25. The van der Waals surface area contributed by atoms with Crippen molar-refractivity contribution in [3.63, 3.8) is 0 Å². The maximum atomic E-state index is 12.1. The summed E-state index contributed by atoms with van der Waals surface area (Å²) in [6, 6.07) is 11.0. The van der Waals surface area contributed by atoms with Crippen LogP contribution < -0.4 is 14.8 Å². The number of benzene rings is 1. The molecule has 0 bridgehead atoms. The van der Waals surface area contributed by atoms with Gasteiger partial charge in [0.05, 0.1) is 25.1 Å². The molecular weight excluding hydrogens is 340 g/mol. The summed E-state index contributed by atoms with van der Waals surface area (Å²) in [5, 5.41) is 2.64. The first-order chi connectivity index (χ1) is 12.0. The Hall–Kier alpha value is -2.54. The highest BCUT2D eigenvalue weighted by molar-refractivity contribution is 7.13. The lowest BCUT2D eigenvalue weighted by Gasteiger charge is -2.18. The predicted molar refractivity (Wildman–Crippen MR) is 97.5 cm³/mol. The fourth-order valence-corrected chi connectivity index (χ4v) is 2.87. The second kappa shape index (κ2) is 9.08. The first kappa shape index (κ1) is 18.8. The molecule has 2 aromatic rings. The van der Waals surface area contributed by atoms with Gasteiger partial charge in [-0.15, -0.1) is 11.3 Å². The first-order valence-corrected chi connectivity index (χ1v) is 8.67. The van der Waals surface area contributed by atoms with Gasteiger partial charge in [0.2, 0.25) is 5.91 Å². The minimum atomic E-state index is -0.231. The molecule has 0 radical (unpaired) electrons. The average molecular weight is 362 g/mol. The Morgan fingerprint density at radius 1 is 1.16 bits per heavy atom. The summed E-state index contributed by atoms with van der Waals surface area (Å²) in [5.74, 6) is 0.873. The van der Waals surface area contributed by atoms with E-state index >= 15 is 0 Å². The molecule has 0 aliphatic carbocycles. The van der Waals surface area contributed by atoms with E-state index in [4.69, 9.17) is 9.47 Å². The summed E-state index contributed by atoms with van der Waals surface area (Å²) < 4.78 is 10.8. The van der Waals surface area contributed by atoms with Gasteiger partial charge in [-0.3, -0.25) is 9.59 Å². The van der Waals surface area contributed by atoms with Gasteiger partial charge in [0.15, 0.2) is 11.5 Å². The third-order valence-corrected chi connectivity index (χ3v) is 4.54.